The Kier molecular flexibility index (Phi) is 5.76. The molecular formula is C21H16ClFN6O2. The topological polar surface area (TPSA) is 108 Å². The van der Waals surface area contributed by atoms with Crippen molar-refractivity contribution in [3.8, 4) is 11.6 Å². The summed E-state index contributed by atoms with van der Waals surface area (Å²) in [6.07, 6.45) is 8.13. The minimum absolute atomic E-state index is 0.00699. The van der Waals surface area contributed by atoms with Crippen LogP contribution >= 0.6 is 11.6 Å². The molecule has 0 unspecified atom stereocenters. The molecule has 156 valence electrons. The van der Waals surface area contributed by atoms with Gasteiger partial charge in [-0.3, -0.25) is 9.78 Å². The number of amides is 1. The SMILES string of the molecule is NC(=O)c1cncc(OCc2cnc(Nc3ccc(F)c(Cl)c3)nc2-n2cccc2)c1. The lowest BCUT2D eigenvalue weighted by atomic mass is 10.2. The summed E-state index contributed by atoms with van der Waals surface area (Å²) >= 11 is 5.84. The molecule has 0 fully saturated rings. The summed E-state index contributed by atoms with van der Waals surface area (Å²) in [5.74, 6) is 0.161. The number of pyridine rings is 1. The molecule has 8 nitrogen and oxygen atoms in total. The molecular weight excluding hydrogens is 423 g/mol. The van der Waals surface area contributed by atoms with Gasteiger partial charge >= 0.3 is 0 Å². The zero-order valence-electron chi connectivity index (χ0n) is 16.0. The number of primary amides is 1. The van der Waals surface area contributed by atoms with Gasteiger partial charge in [-0.15, -0.1) is 0 Å². The van der Waals surface area contributed by atoms with E-state index >= 15 is 0 Å². The van der Waals surface area contributed by atoms with E-state index in [4.69, 9.17) is 22.1 Å². The Hall–Kier alpha value is -3.98. The number of nitrogens with zero attached hydrogens (tertiary/aromatic N) is 4. The third-order valence-corrected chi connectivity index (χ3v) is 4.55. The molecule has 1 aromatic carbocycles. The summed E-state index contributed by atoms with van der Waals surface area (Å²) in [5, 5.41) is 3.00. The third kappa shape index (κ3) is 4.78. The molecule has 0 aliphatic rings. The van der Waals surface area contributed by atoms with Gasteiger partial charge in [-0.25, -0.2) is 9.37 Å². The van der Waals surface area contributed by atoms with Crippen LogP contribution in [0.1, 0.15) is 15.9 Å². The maximum atomic E-state index is 13.4. The molecule has 3 N–H and O–H groups in total. The van der Waals surface area contributed by atoms with Crippen LogP contribution in [-0.2, 0) is 6.61 Å². The quantitative estimate of drug-likeness (QED) is 0.453. The number of hydrogen-bond acceptors (Lipinski definition) is 6. The van der Waals surface area contributed by atoms with Crippen molar-refractivity contribution in [2.75, 3.05) is 5.32 Å². The molecule has 4 rings (SSSR count). The summed E-state index contributed by atoms with van der Waals surface area (Å²) in [5.41, 5.74) is 6.76. The second-order valence-corrected chi connectivity index (χ2v) is 6.86. The van der Waals surface area contributed by atoms with Crippen LogP contribution in [0.25, 0.3) is 5.82 Å². The number of anilines is 2. The van der Waals surface area contributed by atoms with Crippen molar-refractivity contribution in [3.05, 3.63) is 89.3 Å². The molecule has 3 aromatic heterocycles. The van der Waals surface area contributed by atoms with Gasteiger partial charge in [-0.2, -0.15) is 4.98 Å². The summed E-state index contributed by atoms with van der Waals surface area (Å²) in [7, 11) is 0. The van der Waals surface area contributed by atoms with Crippen molar-refractivity contribution in [2.45, 2.75) is 6.61 Å². The smallest absolute Gasteiger partial charge is 0.250 e. The molecule has 3 heterocycles. The predicted molar refractivity (Wildman–Crippen MR) is 113 cm³/mol. The van der Waals surface area contributed by atoms with Gasteiger partial charge in [0.05, 0.1) is 22.3 Å². The predicted octanol–water partition coefficient (Wildman–Crippen LogP) is 3.88. The molecule has 0 saturated heterocycles. The Bertz CT molecular complexity index is 1230. The van der Waals surface area contributed by atoms with Crippen LogP contribution in [0.4, 0.5) is 16.0 Å². The first-order chi connectivity index (χ1) is 15.0. The minimum Gasteiger partial charge on any atom is -0.487 e. The van der Waals surface area contributed by atoms with Crippen molar-refractivity contribution in [1.29, 1.82) is 0 Å². The molecule has 0 spiro atoms. The summed E-state index contributed by atoms with van der Waals surface area (Å²) in [6.45, 7) is 0.125. The lowest BCUT2D eigenvalue weighted by Crippen LogP contribution is -2.12. The van der Waals surface area contributed by atoms with Gasteiger partial charge in [0.1, 0.15) is 24.0 Å². The second-order valence-electron chi connectivity index (χ2n) is 6.45. The fraction of sp³-hybridized carbons (Fsp3) is 0.0476. The van der Waals surface area contributed by atoms with E-state index in [0.29, 0.717) is 28.8 Å². The maximum absolute atomic E-state index is 13.4. The van der Waals surface area contributed by atoms with E-state index in [1.807, 2.05) is 24.5 Å². The van der Waals surface area contributed by atoms with Gasteiger partial charge in [-0.05, 0) is 36.4 Å². The lowest BCUT2D eigenvalue weighted by Gasteiger charge is -2.13. The van der Waals surface area contributed by atoms with E-state index in [2.05, 4.69) is 20.3 Å². The van der Waals surface area contributed by atoms with Crippen molar-refractivity contribution in [3.63, 3.8) is 0 Å². The number of aromatic nitrogens is 4. The van der Waals surface area contributed by atoms with Gasteiger partial charge in [0.15, 0.2) is 0 Å². The van der Waals surface area contributed by atoms with Crippen molar-refractivity contribution < 1.29 is 13.9 Å². The van der Waals surface area contributed by atoms with Crippen LogP contribution in [0.5, 0.6) is 5.75 Å². The largest absolute Gasteiger partial charge is 0.487 e. The number of carbonyl (C=O) groups excluding carboxylic acids is 1. The number of nitrogens with one attached hydrogen (secondary N) is 1. The van der Waals surface area contributed by atoms with Crippen molar-refractivity contribution >= 4 is 29.1 Å². The zero-order valence-corrected chi connectivity index (χ0v) is 16.8. The molecule has 0 atom stereocenters. The summed E-state index contributed by atoms with van der Waals surface area (Å²) in [6, 6.07) is 9.48. The average molecular weight is 439 g/mol. The first-order valence-electron chi connectivity index (χ1n) is 9.08. The first-order valence-corrected chi connectivity index (χ1v) is 9.46. The van der Waals surface area contributed by atoms with Crippen LogP contribution in [0.15, 0.2) is 67.4 Å². The Morgan fingerprint density at radius 3 is 2.74 bits per heavy atom. The van der Waals surface area contributed by atoms with Gasteiger partial charge in [0.25, 0.3) is 0 Å². The Morgan fingerprint density at radius 2 is 2.00 bits per heavy atom. The highest BCUT2D eigenvalue weighted by Crippen LogP contribution is 2.23. The number of benzene rings is 1. The van der Waals surface area contributed by atoms with Gasteiger partial charge in [0, 0.05) is 30.5 Å². The Morgan fingerprint density at radius 1 is 1.19 bits per heavy atom. The fourth-order valence-electron chi connectivity index (χ4n) is 2.76. The van der Waals surface area contributed by atoms with Crippen molar-refractivity contribution in [2.24, 2.45) is 5.73 Å². The molecule has 4 aromatic rings. The number of ether oxygens (including phenoxy) is 1. The van der Waals surface area contributed by atoms with E-state index < -0.39 is 11.7 Å². The molecule has 0 aliphatic heterocycles. The van der Waals surface area contributed by atoms with E-state index in [1.54, 1.807) is 10.8 Å². The van der Waals surface area contributed by atoms with Gasteiger partial charge in [-0.1, -0.05) is 11.6 Å². The molecule has 0 radical (unpaired) electrons. The summed E-state index contributed by atoms with van der Waals surface area (Å²) in [4.78, 5) is 24.2. The Balaban J connectivity index is 1.59. The maximum Gasteiger partial charge on any atom is 0.250 e. The highest BCUT2D eigenvalue weighted by molar-refractivity contribution is 6.31. The highest BCUT2D eigenvalue weighted by atomic mass is 35.5. The Labute approximate surface area is 181 Å². The number of nitrogens with two attached hydrogens (primary N) is 1. The number of carbonyl (C=O) groups is 1. The monoisotopic (exact) mass is 438 g/mol. The van der Waals surface area contributed by atoms with E-state index in [-0.39, 0.29) is 17.2 Å². The lowest BCUT2D eigenvalue weighted by molar-refractivity contribution is 0.0999. The molecule has 1 amide bonds. The van der Waals surface area contributed by atoms with Crippen LogP contribution < -0.4 is 15.8 Å². The number of rotatable bonds is 7. The van der Waals surface area contributed by atoms with Crippen LogP contribution in [0.3, 0.4) is 0 Å². The molecule has 0 bridgehead atoms. The van der Waals surface area contributed by atoms with Crippen LogP contribution in [0, 0.1) is 5.82 Å². The molecule has 31 heavy (non-hydrogen) atoms. The summed E-state index contributed by atoms with van der Waals surface area (Å²) < 4.78 is 21.0. The minimum atomic E-state index is -0.592. The molecule has 10 heteroatoms. The standard InChI is InChI=1S/C21H16ClFN6O2/c22-17-8-15(3-4-18(17)23)27-21-26-10-14(20(28-21)29-5-1-2-6-29)12-31-16-7-13(19(24)30)9-25-11-16/h1-11H,12H2,(H2,24,30)(H,26,27,28). The second kappa shape index (κ2) is 8.80. The van der Waals surface area contributed by atoms with E-state index in [0.717, 1.165) is 0 Å². The van der Waals surface area contributed by atoms with Crippen LogP contribution in [-0.4, -0.2) is 25.4 Å². The highest BCUT2D eigenvalue weighted by Gasteiger charge is 2.12. The van der Waals surface area contributed by atoms with Crippen LogP contribution in [0.2, 0.25) is 5.02 Å². The normalized spacial score (nSPS) is 10.6. The van der Waals surface area contributed by atoms with Crippen molar-refractivity contribution in [1.82, 2.24) is 19.5 Å². The molecule has 0 aliphatic carbocycles. The van der Waals surface area contributed by atoms with Gasteiger partial charge in [0.2, 0.25) is 11.9 Å². The fourth-order valence-corrected chi connectivity index (χ4v) is 2.94. The average Bonchev–Trinajstić information content (AvgIpc) is 3.30. The van der Waals surface area contributed by atoms with Gasteiger partial charge < -0.3 is 20.4 Å². The number of hydrogen-bond donors (Lipinski definition) is 2. The van der Waals surface area contributed by atoms with E-state index in [1.165, 1.54) is 36.7 Å². The number of halogens is 2. The third-order valence-electron chi connectivity index (χ3n) is 4.26. The van der Waals surface area contributed by atoms with E-state index in [9.17, 15) is 9.18 Å². The first kappa shape index (κ1) is 20.3. The zero-order chi connectivity index (χ0) is 21.8. The molecule has 0 saturated carbocycles.